The lowest BCUT2D eigenvalue weighted by molar-refractivity contribution is -0.137. The predicted octanol–water partition coefficient (Wildman–Crippen LogP) is 3.63. The van der Waals surface area contributed by atoms with Gasteiger partial charge in [0.25, 0.3) is 5.91 Å². The van der Waals surface area contributed by atoms with Crippen molar-refractivity contribution in [3.05, 3.63) is 63.2 Å². The molecule has 2 aromatic carbocycles. The summed E-state index contributed by atoms with van der Waals surface area (Å²) >= 11 is 2.04. The standard InChI is InChI=1S/C21H23IN2O4/c1-3-12-24(13-19(25)23-18-11-7-4-8-15(18)2)20(26)14-28-21(27)16-9-5-6-10-17(16)22/h4-11H,3,12-14H2,1-2H3,(H,23,25). The van der Waals surface area contributed by atoms with Gasteiger partial charge in [0, 0.05) is 15.8 Å². The monoisotopic (exact) mass is 494 g/mol. The first-order chi connectivity index (χ1) is 13.4. The van der Waals surface area contributed by atoms with Gasteiger partial charge in [-0.2, -0.15) is 0 Å². The molecule has 28 heavy (non-hydrogen) atoms. The summed E-state index contributed by atoms with van der Waals surface area (Å²) in [5.41, 5.74) is 2.06. The smallest absolute Gasteiger partial charge is 0.339 e. The Morgan fingerprint density at radius 2 is 1.75 bits per heavy atom. The lowest BCUT2D eigenvalue weighted by Gasteiger charge is -2.21. The highest BCUT2D eigenvalue weighted by Gasteiger charge is 2.19. The summed E-state index contributed by atoms with van der Waals surface area (Å²) < 4.78 is 5.90. The second-order valence-electron chi connectivity index (χ2n) is 6.23. The normalized spacial score (nSPS) is 10.2. The Kier molecular flexibility index (Phi) is 8.43. The molecule has 7 heteroatoms. The third kappa shape index (κ3) is 6.33. The average Bonchev–Trinajstić information content (AvgIpc) is 2.67. The van der Waals surface area contributed by atoms with Gasteiger partial charge >= 0.3 is 5.97 Å². The Balaban J connectivity index is 1.94. The van der Waals surface area contributed by atoms with Gasteiger partial charge in [-0.25, -0.2) is 4.79 Å². The molecule has 0 aromatic heterocycles. The van der Waals surface area contributed by atoms with E-state index in [9.17, 15) is 14.4 Å². The maximum atomic E-state index is 12.5. The van der Waals surface area contributed by atoms with Crippen LogP contribution in [0.1, 0.15) is 29.3 Å². The van der Waals surface area contributed by atoms with Gasteiger partial charge in [-0.1, -0.05) is 37.3 Å². The van der Waals surface area contributed by atoms with Crippen LogP contribution in [-0.2, 0) is 14.3 Å². The summed E-state index contributed by atoms with van der Waals surface area (Å²) in [6, 6.07) is 14.4. The van der Waals surface area contributed by atoms with Crippen LogP contribution >= 0.6 is 22.6 Å². The summed E-state index contributed by atoms with van der Waals surface area (Å²) in [5.74, 6) is -1.25. The van der Waals surface area contributed by atoms with Crippen molar-refractivity contribution < 1.29 is 19.1 Å². The van der Waals surface area contributed by atoms with Crippen LogP contribution in [0.15, 0.2) is 48.5 Å². The number of ether oxygens (including phenoxy) is 1. The van der Waals surface area contributed by atoms with E-state index in [1.54, 1.807) is 18.2 Å². The number of nitrogens with one attached hydrogen (secondary N) is 1. The van der Waals surface area contributed by atoms with Gasteiger partial charge in [-0.05, 0) is 59.7 Å². The third-order valence-corrected chi connectivity index (χ3v) is 4.96. The molecular weight excluding hydrogens is 471 g/mol. The van der Waals surface area contributed by atoms with E-state index in [1.807, 2.05) is 66.8 Å². The lowest BCUT2D eigenvalue weighted by atomic mass is 10.2. The van der Waals surface area contributed by atoms with Crippen LogP contribution in [0.2, 0.25) is 0 Å². The van der Waals surface area contributed by atoms with Crippen molar-refractivity contribution in [3.63, 3.8) is 0 Å². The summed E-state index contributed by atoms with van der Waals surface area (Å²) in [7, 11) is 0. The Hall–Kier alpha value is -2.42. The van der Waals surface area contributed by atoms with Crippen LogP contribution < -0.4 is 5.32 Å². The molecule has 0 heterocycles. The van der Waals surface area contributed by atoms with E-state index in [2.05, 4.69) is 5.32 Å². The second kappa shape index (κ2) is 10.8. The van der Waals surface area contributed by atoms with E-state index in [1.165, 1.54) is 4.90 Å². The maximum Gasteiger partial charge on any atom is 0.339 e. The molecule has 0 aliphatic carbocycles. The predicted molar refractivity (Wildman–Crippen MR) is 116 cm³/mol. The van der Waals surface area contributed by atoms with Gasteiger partial charge in [0.05, 0.1) is 12.1 Å². The molecule has 6 nitrogen and oxygen atoms in total. The Morgan fingerprint density at radius 1 is 1.07 bits per heavy atom. The average molecular weight is 494 g/mol. The molecule has 1 N–H and O–H groups in total. The summed E-state index contributed by atoms with van der Waals surface area (Å²) in [5, 5.41) is 2.81. The largest absolute Gasteiger partial charge is 0.452 e. The molecule has 148 valence electrons. The van der Waals surface area contributed by atoms with Crippen molar-refractivity contribution in [2.24, 2.45) is 0 Å². The fraction of sp³-hybridized carbons (Fsp3) is 0.286. The highest BCUT2D eigenvalue weighted by molar-refractivity contribution is 14.1. The van der Waals surface area contributed by atoms with Crippen molar-refractivity contribution in [2.45, 2.75) is 20.3 Å². The highest BCUT2D eigenvalue weighted by Crippen LogP contribution is 2.14. The van der Waals surface area contributed by atoms with Crippen LogP contribution in [0.3, 0.4) is 0 Å². The zero-order valence-electron chi connectivity index (χ0n) is 15.9. The maximum absolute atomic E-state index is 12.5. The van der Waals surface area contributed by atoms with Crippen LogP contribution in [-0.4, -0.2) is 42.4 Å². The molecule has 0 aliphatic heterocycles. The van der Waals surface area contributed by atoms with Crippen LogP contribution in [0.4, 0.5) is 5.69 Å². The molecule has 0 bridgehead atoms. The van der Waals surface area contributed by atoms with Gasteiger partial charge in [0.15, 0.2) is 6.61 Å². The summed E-state index contributed by atoms with van der Waals surface area (Å²) in [6.45, 7) is 3.72. The molecule has 0 radical (unpaired) electrons. The van der Waals surface area contributed by atoms with E-state index in [0.717, 1.165) is 9.13 Å². The molecule has 0 saturated carbocycles. The van der Waals surface area contributed by atoms with Crippen molar-refractivity contribution >= 4 is 46.1 Å². The molecule has 2 aromatic rings. The van der Waals surface area contributed by atoms with Crippen LogP contribution in [0.5, 0.6) is 0 Å². The number of aryl methyl sites for hydroxylation is 1. The topological polar surface area (TPSA) is 75.7 Å². The summed E-state index contributed by atoms with van der Waals surface area (Å²) in [4.78, 5) is 38.4. The molecular formula is C21H23IN2O4. The number of nitrogens with zero attached hydrogens (tertiary/aromatic N) is 1. The van der Waals surface area contributed by atoms with Gasteiger partial charge < -0.3 is 15.0 Å². The van der Waals surface area contributed by atoms with Crippen LogP contribution in [0.25, 0.3) is 0 Å². The quantitative estimate of drug-likeness (QED) is 0.450. The fourth-order valence-electron chi connectivity index (χ4n) is 2.56. The number of amides is 2. The van der Waals surface area contributed by atoms with Gasteiger partial charge in [0.2, 0.25) is 5.91 Å². The van der Waals surface area contributed by atoms with Crippen molar-refractivity contribution in [1.29, 1.82) is 0 Å². The number of halogens is 1. The minimum Gasteiger partial charge on any atom is -0.452 e. The number of carbonyl (C=O) groups is 3. The highest BCUT2D eigenvalue weighted by atomic mass is 127. The summed E-state index contributed by atoms with van der Waals surface area (Å²) in [6.07, 6.45) is 0.688. The molecule has 0 aliphatic rings. The third-order valence-electron chi connectivity index (χ3n) is 4.02. The number of carbonyl (C=O) groups excluding carboxylic acids is 3. The minimum atomic E-state index is -0.556. The Bertz CT molecular complexity index is 854. The molecule has 0 fully saturated rings. The first-order valence-corrected chi connectivity index (χ1v) is 10.0. The van der Waals surface area contributed by atoms with Gasteiger partial charge in [-0.15, -0.1) is 0 Å². The van der Waals surface area contributed by atoms with Crippen molar-refractivity contribution in [1.82, 2.24) is 4.90 Å². The number of hydrogen-bond donors (Lipinski definition) is 1. The number of esters is 1. The van der Waals surface area contributed by atoms with Gasteiger partial charge in [-0.3, -0.25) is 9.59 Å². The zero-order chi connectivity index (χ0) is 20.5. The number of benzene rings is 2. The molecule has 2 rings (SSSR count). The molecule has 2 amide bonds. The number of para-hydroxylation sites is 1. The van der Waals surface area contributed by atoms with E-state index < -0.39 is 18.5 Å². The first kappa shape index (κ1) is 21.9. The molecule has 0 spiro atoms. The van der Waals surface area contributed by atoms with E-state index in [4.69, 9.17) is 4.74 Å². The van der Waals surface area contributed by atoms with E-state index >= 15 is 0 Å². The minimum absolute atomic E-state index is 0.0958. The Labute approximate surface area is 178 Å². The Morgan fingerprint density at radius 3 is 2.43 bits per heavy atom. The molecule has 0 atom stereocenters. The number of rotatable bonds is 8. The zero-order valence-corrected chi connectivity index (χ0v) is 18.1. The second-order valence-corrected chi connectivity index (χ2v) is 7.40. The SMILES string of the molecule is CCCN(CC(=O)Nc1ccccc1C)C(=O)COC(=O)c1ccccc1I. The van der Waals surface area contributed by atoms with Crippen molar-refractivity contribution in [3.8, 4) is 0 Å². The molecule has 0 saturated heterocycles. The first-order valence-electron chi connectivity index (χ1n) is 8.97. The van der Waals surface area contributed by atoms with E-state index in [0.29, 0.717) is 24.2 Å². The fourth-order valence-corrected chi connectivity index (χ4v) is 3.17. The molecule has 0 unspecified atom stereocenters. The van der Waals surface area contributed by atoms with Crippen molar-refractivity contribution in [2.75, 3.05) is 25.0 Å². The van der Waals surface area contributed by atoms with Gasteiger partial charge in [0.1, 0.15) is 0 Å². The number of anilines is 1. The number of hydrogen-bond acceptors (Lipinski definition) is 4. The van der Waals surface area contributed by atoms with E-state index in [-0.39, 0.29) is 12.5 Å². The lowest BCUT2D eigenvalue weighted by Crippen LogP contribution is -2.40. The van der Waals surface area contributed by atoms with Crippen LogP contribution in [0, 0.1) is 10.5 Å².